The maximum absolute atomic E-state index is 4.62. The molecular formula is C11H19N3. The minimum atomic E-state index is 0.545. The van der Waals surface area contributed by atoms with Gasteiger partial charge in [-0.05, 0) is 33.6 Å². The second-order valence-electron chi connectivity index (χ2n) is 4.32. The number of nitrogens with one attached hydrogen (secondary N) is 1. The topological polar surface area (TPSA) is 29.9 Å². The van der Waals surface area contributed by atoms with E-state index in [-0.39, 0.29) is 0 Å². The Labute approximate surface area is 85.5 Å². The zero-order valence-electron chi connectivity index (χ0n) is 9.46. The number of anilines is 1. The number of imidazole rings is 1. The van der Waals surface area contributed by atoms with Crippen LogP contribution in [0, 0.1) is 6.92 Å². The van der Waals surface area contributed by atoms with Gasteiger partial charge in [0.25, 0.3) is 0 Å². The SMILES string of the molecule is CCc1nc2n(c1C)C(C)CC(C)N2. The number of aryl methyl sites for hydroxylation is 1. The van der Waals surface area contributed by atoms with Crippen molar-refractivity contribution in [3.63, 3.8) is 0 Å². The lowest BCUT2D eigenvalue weighted by molar-refractivity contribution is 0.442. The summed E-state index contributed by atoms with van der Waals surface area (Å²) in [4.78, 5) is 4.62. The minimum absolute atomic E-state index is 0.545. The van der Waals surface area contributed by atoms with Crippen molar-refractivity contribution in [1.29, 1.82) is 0 Å². The number of aromatic nitrogens is 2. The van der Waals surface area contributed by atoms with Gasteiger partial charge in [-0.25, -0.2) is 4.98 Å². The largest absolute Gasteiger partial charge is 0.353 e. The second-order valence-corrected chi connectivity index (χ2v) is 4.32. The average molecular weight is 193 g/mol. The molecule has 2 unspecified atom stereocenters. The fraction of sp³-hybridized carbons (Fsp3) is 0.727. The van der Waals surface area contributed by atoms with Gasteiger partial charge in [0.2, 0.25) is 5.95 Å². The van der Waals surface area contributed by atoms with E-state index in [1.807, 2.05) is 0 Å². The average Bonchev–Trinajstić information content (AvgIpc) is 2.42. The summed E-state index contributed by atoms with van der Waals surface area (Å²) in [5, 5.41) is 3.44. The lowest BCUT2D eigenvalue weighted by Crippen LogP contribution is -2.28. The molecule has 1 aromatic rings. The highest BCUT2D eigenvalue weighted by Gasteiger charge is 2.24. The van der Waals surface area contributed by atoms with E-state index < -0.39 is 0 Å². The lowest BCUT2D eigenvalue weighted by atomic mass is 10.1. The second kappa shape index (κ2) is 3.30. The Bertz CT molecular complexity index is 341. The van der Waals surface area contributed by atoms with Crippen molar-refractivity contribution in [2.45, 2.75) is 52.6 Å². The van der Waals surface area contributed by atoms with E-state index in [1.54, 1.807) is 0 Å². The molecule has 1 aromatic heterocycles. The predicted octanol–water partition coefficient (Wildman–Crippen LogP) is 2.52. The van der Waals surface area contributed by atoms with Crippen molar-refractivity contribution >= 4 is 5.95 Å². The molecule has 3 heteroatoms. The van der Waals surface area contributed by atoms with Crippen LogP contribution in [0.5, 0.6) is 0 Å². The van der Waals surface area contributed by atoms with Gasteiger partial charge in [-0.1, -0.05) is 6.92 Å². The van der Waals surface area contributed by atoms with Crippen LogP contribution in [0.15, 0.2) is 0 Å². The van der Waals surface area contributed by atoms with Gasteiger partial charge in [-0.3, -0.25) is 0 Å². The first-order valence-corrected chi connectivity index (χ1v) is 5.47. The normalized spacial score (nSPS) is 25.7. The number of rotatable bonds is 1. The van der Waals surface area contributed by atoms with E-state index in [2.05, 4.69) is 42.6 Å². The van der Waals surface area contributed by atoms with Crippen molar-refractivity contribution in [2.24, 2.45) is 0 Å². The summed E-state index contributed by atoms with van der Waals surface area (Å²) >= 11 is 0. The van der Waals surface area contributed by atoms with E-state index in [1.165, 1.54) is 17.8 Å². The molecular weight excluding hydrogens is 174 g/mol. The van der Waals surface area contributed by atoms with Crippen LogP contribution in [-0.2, 0) is 6.42 Å². The van der Waals surface area contributed by atoms with Gasteiger partial charge in [0.15, 0.2) is 0 Å². The van der Waals surface area contributed by atoms with Gasteiger partial charge in [0.05, 0.1) is 5.69 Å². The van der Waals surface area contributed by atoms with Crippen LogP contribution in [0.4, 0.5) is 5.95 Å². The zero-order valence-corrected chi connectivity index (χ0v) is 9.46. The first kappa shape index (κ1) is 9.56. The monoisotopic (exact) mass is 193 g/mol. The summed E-state index contributed by atoms with van der Waals surface area (Å²) in [6, 6.07) is 1.12. The molecule has 0 radical (unpaired) electrons. The van der Waals surface area contributed by atoms with Crippen LogP contribution in [0.2, 0.25) is 0 Å². The summed E-state index contributed by atoms with van der Waals surface area (Å²) in [6.07, 6.45) is 2.21. The quantitative estimate of drug-likeness (QED) is 0.742. The Balaban J connectivity index is 2.46. The van der Waals surface area contributed by atoms with E-state index >= 15 is 0 Å². The Hall–Kier alpha value is -0.990. The smallest absolute Gasteiger partial charge is 0.203 e. The number of fused-ring (bicyclic) bond motifs is 1. The molecule has 14 heavy (non-hydrogen) atoms. The third-order valence-electron chi connectivity index (χ3n) is 3.09. The van der Waals surface area contributed by atoms with Crippen LogP contribution in [0.3, 0.4) is 0 Å². The number of nitrogens with zero attached hydrogens (tertiary/aromatic N) is 2. The van der Waals surface area contributed by atoms with E-state index in [9.17, 15) is 0 Å². The van der Waals surface area contributed by atoms with Gasteiger partial charge in [0, 0.05) is 17.8 Å². The van der Waals surface area contributed by atoms with Crippen LogP contribution in [0.25, 0.3) is 0 Å². The lowest BCUT2D eigenvalue weighted by Gasteiger charge is -2.29. The summed E-state index contributed by atoms with van der Waals surface area (Å²) < 4.78 is 2.33. The zero-order chi connectivity index (χ0) is 10.3. The summed E-state index contributed by atoms with van der Waals surface area (Å²) in [7, 11) is 0. The number of hydrogen-bond donors (Lipinski definition) is 1. The minimum Gasteiger partial charge on any atom is -0.353 e. The molecule has 2 atom stereocenters. The first-order chi connectivity index (χ1) is 6.63. The third-order valence-corrected chi connectivity index (χ3v) is 3.09. The number of hydrogen-bond acceptors (Lipinski definition) is 2. The molecule has 0 saturated heterocycles. The van der Waals surface area contributed by atoms with Crippen LogP contribution in [-0.4, -0.2) is 15.6 Å². The molecule has 1 aliphatic rings. The molecule has 0 amide bonds. The summed E-state index contributed by atoms with van der Waals surface area (Å²) in [5.41, 5.74) is 2.56. The molecule has 78 valence electrons. The standard InChI is InChI=1S/C11H19N3/c1-5-10-9(4)14-8(3)6-7(2)12-11(14)13-10/h7-8H,5-6H2,1-4H3,(H,12,13). The molecule has 3 nitrogen and oxygen atoms in total. The van der Waals surface area contributed by atoms with Crippen molar-refractivity contribution in [2.75, 3.05) is 5.32 Å². The van der Waals surface area contributed by atoms with Crippen molar-refractivity contribution in [3.8, 4) is 0 Å². The Morgan fingerprint density at radius 2 is 2.21 bits per heavy atom. The summed E-state index contributed by atoms with van der Waals surface area (Å²) in [6.45, 7) is 8.82. The van der Waals surface area contributed by atoms with Gasteiger partial charge < -0.3 is 9.88 Å². The Morgan fingerprint density at radius 3 is 2.86 bits per heavy atom. The van der Waals surface area contributed by atoms with Gasteiger partial charge >= 0.3 is 0 Å². The van der Waals surface area contributed by atoms with E-state index in [4.69, 9.17) is 0 Å². The molecule has 0 aromatic carbocycles. The van der Waals surface area contributed by atoms with Crippen molar-refractivity contribution in [1.82, 2.24) is 9.55 Å². The molecule has 0 bridgehead atoms. The van der Waals surface area contributed by atoms with Crippen LogP contribution in [0.1, 0.15) is 44.6 Å². The molecule has 0 spiro atoms. The molecule has 2 heterocycles. The van der Waals surface area contributed by atoms with Crippen molar-refractivity contribution in [3.05, 3.63) is 11.4 Å². The highest BCUT2D eigenvalue weighted by Crippen LogP contribution is 2.29. The fourth-order valence-corrected chi connectivity index (χ4v) is 2.43. The maximum atomic E-state index is 4.62. The molecule has 0 fully saturated rings. The highest BCUT2D eigenvalue weighted by atomic mass is 15.3. The van der Waals surface area contributed by atoms with Gasteiger partial charge in [-0.2, -0.15) is 0 Å². The van der Waals surface area contributed by atoms with E-state index in [0.717, 1.165) is 12.4 Å². The molecule has 0 saturated carbocycles. The van der Waals surface area contributed by atoms with Crippen LogP contribution >= 0.6 is 0 Å². The molecule has 1 N–H and O–H groups in total. The van der Waals surface area contributed by atoms with Gasteiger partial charge in [-0.15, -0.1) is 0 Å². The predicted molar refractivity (Wildman–Crippen MR) is 58.8 cm³/mol. The first-order valence-electron chi connectivity index (χ1n) is 5.47. The van der Waals surface area contributed by atoms with Crippen LogP contribution < -0.4 is 5.32 Å². The Morgan fingerprint density at radius 1 is 1.50 bits per heavy atom. The van der Waals surface area contributed by atoms with Gasteiger partial charge in [0.1, 0.15) is 0 Å². The molecule has 0 aliphatic carbocycles. The third kappa shape index (κ3) is 1.31. The van der Waals surface area contributed by atoms with E-state index in [0.29, 0.717) is 12.1 Å². The summed E-state index contributed by atoms with van der Waals surface area (Å²) in [5.74, 6) is 1.06. The maximum Gasteiger partial charge on any atom is 0.203 e. The fourth-order valence-electron chi connectivity index (χ4n) is 2.43. The molecule has 1 aliphatic heterocycles. The molecule has 2 rings (SSSR count). The highest BCUT2D eigenvalue weighted by molar-refractivity contribution is 5.37. The Kier molecular flexibility index (Phi) is 2.25. The van der Waals surface area contributed by atoms with Crippen molar-refractivity contribution < 1.29 is 0 Å².